The second-order valence-electron chi connectivity index (χ2n) is 5.89. The lowest BCUT2D eigenvalue weighted by molar-refractivity contribution is -0.144. The van der Waals surface area contributed by atoms with Gasteiger partial charge in [0.05, 0.1) is 6.54 Å². The SMILES string of the molecule is Cc1nc(CN2CCCN([C@@H]3C[C@H](C)OC3=O)CC2)no1. The van der Waals surface area contributed by atoms with E-state index in [1.807, 2.05) is 6.92 Å². The summed E-state index contributed by atoms with van der Waals surface area (Å²) in [5, 5.41) is 3.94. The van der Waals surface area contributed by atoms with Crippen LogP contribution in [0.4, 0.5) is 0 Å². The maximum Gasteiger partial charge on any atom is 0.323 e. The minimum absolute atomic E-state index is 0.0455. The standard InChI is InChI=1S/C14H22N4O3/c1-10-8-12(14(19)20-10)18-5-3-4-17(6-7-18)9-13-15-11(2)21-16-13/h10,12H,3-9H2,1-2H3/t10-,12+/m0/s1. The van der Waals surface area contributed by atoms with Gasteiger partial charge in [-0.15, -0.1) is 0 Å². The number of ether oxygens (including phenoxy) is 1. The van der Waals surface area contributed by atoms with E-state index in [9.17, 15) is 4.79 Å². The van der Waals surface area contributed by atoms with E-state index in [0.717, 1.165) is 44.8 Å². The first-order valence-corrected chi connectivity index (χ1v) is 7.58. The van der Waals surface area contributed by atoms with E-state index in [2.05, 4.69) is 19.9 Å². The fourth-order valence-electron chi connectivity index (χ4n) is 3.10. The molecule has 0 saturated carbocycles. The van der Waals surface area contributed by atoms with Crippen LogP contribution in [0.3, 0.4) is 0 Å². The molecule has 0 aliphatic carbocycles. The maximum absolute atomic E-state index is 11.9. The molecule has 1 aromatic rings. The molecule has 0 aromatic carbocycles. The van der Waals surface area contributed by atoms with E-state index in [4.69, 9.17) is 9.26 Å². The van der Waals surface area contributed by atoms with Gasteiger partial charge in [-0.2, -0.15) is 4.98 Å². The Kier molecular flexibility index (Phi) is 4.21. The summed E-state index contributed by atoms with van der Waals surface area (Å²) in [7, 11) is 0. The number of aryl methyl sites for hydroxylation is 1. The summed E-state index contributed by atoms with van der Waals surface area (Å²) in [6.07, 6.45) is 1.89. The quantitative estimate of drug-likeness (QED) is 0.755. The lowest BCUT2D eigenvalue weighted by atomic mass is 10.1. The molecule has 116 valence electrons. The number of cyclic esters (lactones) is 1. The second kappa shape index (κ2) is 6.11. The predicted molar refractivity (Wildman–Crippen MR) is 74.5 cm³/mol. The van der Waals surface area contributed by atoms with Crippen LogP contribution in [0.15, 0.2) is 4.52 Å². The number of rotatable bonds is 3. The summed E-state index contributed by atoms with van der Waals surface area (Å²) in [6, 6.07) is -0.0626. The zero-order chi connectivity index (χ0) is 14.8. The molecule has 1 aromatic heterocycles. The molecule has 0 unspecified atom stereocenters. The number of carbonyl (C=O) groups excluding carboxylic acids is 1. The molecule has 7 nitrogen and oxygen atoms in total. The zero-order valence-corrected chi connectivity index (χ0v) is 12.6. The van der Waals surface area contributed by atoms with Gasteiger partial charge in [-0.1, -0.05) is 5.16 Å². The minimum Gasteiger partial charge on any atom is -0.461 e. The third-order valence-corrected chi connectivity index (χ3v) is 4.14. The van der Waals surface area contributed by atoms with Crippen molar-refractivity contribution in [3.63, 3.8) is 0 Å². The van der Waals surface area contributed by atoms with Crippen molar-refractivity contribution in [1.29, 1.82) is 0 Å². The first-order chi connectivity index (χ1) is 10.1. The Bertz CT molecular complexity index is 504. The number of esters is 1. The summed E-state index contributed by atoms with van der Waals surface area (Å²) in [5.74, 6) is 1.27. The Morgan fingerprint density at radius 3 is 2.81 bits per heavy atom. The second-order valence-corrected chi connectivity index (χ2v) is 5.89. The molecule has 21 heavy (non-hydrogen) atoms. The number of aromatic nitrogens is 2. The highest BCUT2D eigenvalue weighted by molar-refractivity contribution is 5.77. The van der Waals surface area contributed by atoms with Crippen molar-refractivity contribution in [1.82, 2.24) is 19.9 Å². The van der Waals surface area contributed by atoms with Gasteiger partial charge in [0.2, 0.25) is 5.89 Å². The van der Waals surface area contributed by atoms with Crippen LogP contribution in [0.5, 0.6) is 0 Å². The summed E-state index contributed by atoms with van der Waals surface area (Å²) in [6.45, 7) is 8.18. The van der Waals surface area contributed by atoms with Gasteiger partial charge >= 0.3 is 5.97 Å². The molecule has 0 radical (unpaired) electrons. The zero-order valence-electron chi connectivity index (χ0n) is 12.6. The first kappa shape index (κ1) is 14.5. The summed E-state index contributed by atoms with van der Waals surface area (Å²) in [4.78, 5) is 20.7. The molecule has 7 heteroatoms. The van der Waals surface area contributed by atoms with Crippen LogP contribution in [-0.2, 0) is 16.1 Å². The van der Waals surface area contributed by atoms with Crippen LogP contribution < -0.4 is 0 Å². The van der Waals surface area contributed by atoms with Crippen LogP contribution >= 0.6 is 0 Å². The smallest absolute Gasteiger partial charge is 0.323 e. The van der Waals surface area contributed by atoms with Gasteiger partial charge in [0, 0.05) is 33.0 Å². The molecule has 0 bridgehead atoms. The van der Waals surface area contributed by atoms with E-state index in [0.29, 0.717) is 12.4 Å². The van der Waals surface area contributed by atoms with Crippen LogP contribution in [0.25, 0.3) is 0 Å². The highest BCUT2D eigenvalue weighted by Gasteiger charge is 2.36. The highest BCUT2D eigenvalue weighted by Crippen LogP contribution is 2.21. The van der Waals surface area contributed by atoms with E-state index in [1.54, 1.807) is 6.92 Å². The minimum atomic E-state index is -0.0651. The number of nitrogens with zero attached hydrogens (tertiary/aromatic N) is 4. The molecule has 0 N–H and O–H groups in total. The number of hydrogen-bond acceptors (Lipinski definition) is 7. The van der Waals surface area contributed by atoms with Crippen LogP contribution in [0, 0.1) is 6.92 Å². The number of carbonyl (C=O) groups is 1. The van der Waals surface area contributed by atoms with E-state index in [1.165, 1.54) is 0 Å². The van der Waals surface area contributed by atoms with E-state index in [-0.39, 0.29) is 18.1 Å². The Morgan fingerprint density at radius 1 is 1.29 bits per heavy atom. The molecule has 2 aliphatic rings. The summed E-state index contributed by atoms with van der Waals surface area (Å²) < 4.78 is 10.3. The normalized spacial score (nSPS) is 28.6. The molecular weight excluding hydrogens is 272 g/mol. The molecule has 2 atom stereocenters. The molecule has 0 amide bonds. The fourth-order valence-corrected chi connectivity index (χ4v) is 3.10. The van der Waals surface area contributed by atoms with Crippen molar-refractivity contribution in [3.05, 3.63) is 11.7 Å². The van der Waals surface area contributed by atoms with E-state index < -0.39 is 0 Å². The van der Waals surface area contributed by atoms with Crippen molar-refractivity contribution in [2.45, 2.75) is 45.4 Å². The first-order valence-electron chi connectivity index (χ1n) is 7.58. The molecule has 3 heterocycles. The van der Waals surface area contributed by atoms with E-state index >= 15 is 0 Å². The van der Waals surface area contributed by atoms with Gasteiger partial charge < -0.3 is 9.26 Å². The van der Waals surface area contributed by atoms with Gasteiger partial charge in [0.15, 0.2) is 5.82 Å². The predicted octanol–water partition coefficient (Wildman–Crippen LogP) is 0.590. The Hall–Kier alpha value is -1.47. The van der Waals surface area contributed by atoms with Gasteiger partial charge in [-0.25, -0.2) is 0 Å². The monoisotopic (exact) mass is 294 g/mol. The van der Waals surface area contributed by atoms with Crippen LogP contribution in [-0.4, -0.2) is 64.2 Å². The average molecular weight is 294 g/mol. The summed E-state index contributed by atoms with van der Waals surface area (Å²) in [5.41, 5.74) is 0. The van der Waals surface area contributed by atoms with Crippen molar-refractivity contribution >= 4 is 5.97 Å². The fraction of sp³-hybridized carbons (Fsp3) is 0.786. The largest absolute Gasteiger partial charge is 0.461 e. The molecule has 2 fully saturated rings. The van der Waals surface area contributed by atoms with Gasteiger partial charge in [-0.3, -0.25) is 14.6 Å². The van der Waals surface area contributed by atoms with Crippen LogP contribution in [0.1, 0.15) is 31.5 Å². The topological polar surface area (TPSA) is 71.7 Å². The lowest BCUT2D eigenvalue weighted by Gasteiger charge is -2.24. The van der Waals surface area contributed by atoms with Crippen LogP contribution in [0.2, 0.25) is 0 Å². The van der Waals surface area contributed by atoms with Crippen molar-refractivity contribution in [2.24, 2.45) is 0 Å². The van der Waals surface area contributed by atoms with Crippen molar-refractivity contribution in [3.8, 4) is 0 Å². The third-order valence-electron chi connectivity index (χ3n) is 4.14. The number of hydrogen-bond donors (Lipinski definition) is 0. The third kappa shape index (κ3) is 3.41. The summed E-state index contributed by atoms with van der Waals surface area (Å²) >= 11 is 0. The average Bonchev–Trinajstić information content (AvgIpc) is 2.90. The van der Waals surface area contributed by atoms with Crippen molar-refractivity contribution < 1.29 is 14.1 Å². The molecular formula is C14H22N4O3. The molecule has 2 saturated heterocycles. The lowest BCUT2D eigenvalue weighted by Crippen LogP contribution is -2.41. The molecule has 0 spiro atoms. The van der Waals surface area contributed by atoms with Gasteiger partial charge in [0.25, 0.3) is 0 Å². The Morgan fingerprint density at radius 2 is 2.14 bits per heavy atom. The Labute approximate surface area is 124 Å². The van der Waals surface area contributed by atoms with Gasteiger partial charge in [-0.05, 0) is 19.9 Å². The highest BCUT2D eigenvalue weighted by atomic mass is 16.6. The maximum atomic E-state index is 11.9. The molecule has 2 aliphatic heterocycles. The Balaban J connectivity index is 1.55. The van der Waals surface area contributed by atoms with Gasteiger partial charge in [0.1, 0.15) is 12.1 Å². The van der Waals surface area contributed by atoms with Crippen molar-refractivity contribution in [2.75, 3.05) is 26.2 Å². The molecule has 3 rings (SSSR count).